The van der Waals surface area contributed by atoms with E-state index in [0.717, 1.165) is 63.1 Å². The molecule has 1 unspecified atom stereocenters. The van der Waals surface area contributed by atoms with Crippen molar-refractivity contribution in [2.24, 2.45) is 10.9 Å². The minimum absolute atomic E-state index is 0.135. The Morgan fingerprint density at radius 1 is 1.17 bits per heavy atom. The SMILES string of the molecule is O=C(C1CC1)N1CCNCC1c1ccc(C=C2CCCN=C2c2cccnc2)cc1. The Hall–Kier alpha value is -2.79. The maximum Gasteiger partial charge on any atom is 0.226 e. The van der Waals surface area contributed by atoms with Crippen LogP contribution < -0.4 is 5.32 Å². The lowest BCUT2D eigenvalue weighted by atomic mass is 9.94. The first kappa shape index (κ1) is 19.2. The molecular formula is C25H28N4O. The van der Waals surface area contributed by atoms with Crippen molar-refractivity contribution in [3.63, 3.8) is 0 Å². The first-order valence-electron chi connectivity index (χ1n) is 11.1. The number of benzene rings is 1. The van der Waals surface area contributed by atoms with Gasteiger partial charge in [-0.05, 0) is 60.6 Å². The monoisotopic (exact) mass is 400 g/mol. The summed E-state index contributed by atoms with van der Waals surface area (Å²) in [5, 5.41) is 3.45. The van der Waals surface area contributed by atoms with Crippen LogP contribution in [0.25, 0.3) is 6.08 Å². The summed E-state index contributed by atoms with van der Waals surface area (Å²) >= 11 is 0. The van der Waals surface area contributed by atoms with Gasteiger partial charge in [0, 0.05) is 50.1 Å². The summed E-state index contributed by atoms with van der Waals surface area (Å²) in [7, 11) is 0. The van der Waals surface area contributed by atoms with Crippen molar-refractivity contribution in [2.45, 2.75) is 31.7 Å². The molecule has 1 saturated heterocycles. The highest BCUT2D eigenvalue weighted by Gasteiger charge is 2.37. The molecule has 1 aliphatic carbocycles. The third kappa shape index (κ3) is 4.08. The zero-order valence-electron chi connectivity index (χ0n) is 17.3. The molecule has 1 aromatic carbocycles. The van der Waals surface area contributed by atoms with Crippen molar-refractivity contribution in [3.05, 3.63) is 71.1 Å². The fraction of sp³-hybridized carbons (Fsp3) is 0.400. The number of allylic oxidation sites excluding steroid dienone is 1. The van der Waals surface area contributed by atoms with Crippen molar-refractivity contribution >= 4 is 17.7 Å². The fourth-order valence-electron chi connectivity index (χ4n) is 4.45. The van der Waals surface area contributed by atoms with Gasteiger partial charge in [0.05, 0.1) is 11.8 Å². The Balaban J connectivity index is 1.37. The van der Waals surface area contributed by atoms with Crippen molar-refractivity contribution < 1.29 is 4.79 Å². The number of carbonyl (C=O) groups excluding carboxylic acids is 1. The van der Waals surface area contributed by atoms with Crippen LogP contribution in [-0.2, 0) is 4.79 Å². The van der Waals surface area contributed by atoms with Gasteiger partial charge in [-0.15, -0.1) is 0 Å². The Bertz CT molecular complexity index is 960. The largest absolute Gasteiger partial charge is 0.333 e. The fourth-order valence-corrected chi connectivity index (χ4v) is 4.45. The average molecular weight is 401 g/mol. The third-order valence-corrected chi connectivity index (χ3v) is 6.23. The molecule has 5 nitrogen and oxygen atoms in total. The van der Waals surface area contributed by atoms with E-state index in [1.165, 1.54) is 16.7 Å². The van der Waals surface area contributed by atoms with Gasteiger partial charge >= 0.3 is 0 Å². The molecule has 0 radical (unpaired) electrons. The van der Waals surface area contributed by atoms with E-state index >= 15 is 0 Å². The number of aliphatic imine (C=N–C) groups is 1. The van der Waals surface area contributed by atoms with Crippen LogP contribution in [0.3, 0.4) is 0 Å². The number of aromatic nitrogens is 1. The highest BCUT2D eigenvalue weighted by Crippen LogP contribution is 2.34. The lowest BCUT2D eigenvalue weighted by molar-refractivity contribution is -0.135. The van der Waals surface area contributed by atoms with E-state index in [4.69, 9.17) is 4.99 Å². The van der Waals surface area contributed by atoms with Crippen LogP contribution in [0.5, 0.6) is 0 Å². The van der Waals surface area contributed by atoms with Crippen LogP contribution in [0.4, 0.5) is 0 Å². The Kier molecular flexibility index (Phi) is 5.45. The number of amides is 1. The summed E-state index contributed by atoms with van der Waals surface area (Å²) in [6, 6.07) is 12.9. The van der Waals surface area contributed by atoms with Crippen molar-refractivity contribution in [3.8, 4) is 0 Å². The van der Waals surface area contributed by atoms with Gasteiger partial charge < -0.3 is 10.2 Å². The van der Waals surface area contributed by atoms with Gasteiger partial charge in [-0.1, -0.05) is 24.3 Å². The van der Waals surface area contributed by atoms with Crippen LogP contribution >= 0.6 is 0 Å². The zero-order valence-corrected chi connectivity index (χ0v) is 17.3. The van der Waals surface area contributed by atoms with Gasteiger partial charge in [-0.25, -0.2) is 0 Å². The molecule has 1 atom stereocenters. The predicted molar refractivity (Wildman–Crippen MR) is 119 cm³/mol. The highest BCUT2D eigenvalue weighted by molar-refractivity contribution is 6.15. The van der Waals surface area contributed by atoms with Crippen molar-refractivity contribution in [2.75, 3.05) is 26.2 Å². The van der Waals surface area contributed by atoms with Crippen LogP contribution in [0.15, 0.2) is 59.4 Å². The van der Waals surface area contributed by atoms with Gasteiger partial charge in [-0.3, -0.25) is 14.8 Å². The highest BCUT2D eigenvalue weighted by atomic mass is 16.2. The normalized spacial score (nSPS) is 23.3. The summed E-state index contributed by atoms with van der Waals surface area (Å²) < 4.78 is 0. The maximum absolute atomic E-state index is 12.7. The average Bonchev–Trinajstić information content (AvgIpc) is 3.66. The van der Waals surface area contributed by atoms with E-state index in [1.807, 2.05) is 12.3 Å². The molecule has 30 heavy (non-hydrogen) atoms. The summed E-state index contributed by atoms with van der Waals surface area (Å²) in [6.45, 7) is 3.39. The lowest BCUT2D eigenvalue weighted by Gasteiger charge is -2.36. The molecule has 3 heterocycles. The predicted octanol–water partition coefficient (Wildman–Crippen LogP) is 3.63. The topological polar surface area (TPSA) is 57.6 Å². The van der Waals surface area contributed by atoms with Crippen LogP contribution in [0.1, 0.15) is 48.4 Å². The van der Waals surface area contributed by atoms with E-state index in [2.05, 4.69) is 51.6 Å². The number of hydrogen-bond acceptors (Lipinski definition) is 4. The minimum atomic E-state index is 0.135. The number of carbonyl (C=O) groups is 1. The molecule has 1 aromatic heterocycles. The van der Waals surface area contributed by atoms with Gasteiger partial charge in [0.25, 0.3) is 0 Å². The smallest absolute Gasteiger partial charge is 0.226 e. The van der Waals surface area contributed by atoms with E-state index in [1.54, 1.807) is 6.20 Å². The van der Waals surface area contributed by atoms with Crippen LogP contribution in [0.2, 0.25) is 0 Å². The number of pyridine rings is 1. The molecule has 1 amide bonds. The summed E-state index contributed by atoms with van der Waals surface area (Å²) in [6.07, 6.45) is 10.2. The quantitative estimate of drug-likeness (QED) is 0.853. The molecule has 2 aliphatic heterocycles. The molecular weight excluding hydrogens is 372 g/mol. The van der Waals surface area contributed by atoms with Gasteiger partial charge in [-0.2, -0.15) is 0 Å². The summed E-state index contributed by atoms with van der Waals surface area (Å²) in [4.78, 5) is 23.8. The molecule has 2 fully saturated rings. The van der Waals surface area contributed by atoms with Crippen LogP contribution in [-0.4, -0.2) is 47.7 Å². The second-order valence-corrected chi connectivity index (χ2v) is 8.44. The molecule has 5 rings (SSSR count). The number of nitrogens with zero attached hydrogens (tertiary/aromatic N) is 3. The van der Waals surface area contributed by atoms with Crippen molar-refractivity contribution in [1.82, 2.24) is 15.2 Å². The number of nitrogens with one attached hydrogen (secondary N) is 1. The number of piperazine rings is 1. The number of hydrogen-bond donors (Lipinski definition) is 1. The molecule has 2 aromatic rings. The number of rotatable bonds is 4. The standard InChI is InChI=1S/C25H28N4O/c30-25(20-9-10-20)29-14-13-27-17-23(29)19-7-5-18(6-8-19)15-21-3-2-12-28-24(21)22-4-1-11-26-16-22/h1,4-8,11,15-16,20,23,27H,2-3,9-10,12-14,17H2. The minimum Gasteiger partial charge on any atom is -0.333 e. The first-order chi connectivity index (χ1) is 14.8. The van der Waals surface area contributed by atoms with Crippen LogP contribution in [0, 0.1) is 5.92 Å². The van der Waals surface area contributed by atoms with Gasteiger partial charge in [0.2, 0.25) is 5.91 Å². The maximum atomic E-state index is 12.7. The summed E-state index contributed by atoms with van der Waals surface area (Å²) in [5.74, 6) is 0.610. The molecule has 0 spiro atoms. The Morgan fingerprint density at radius 3 is 2.80 bits per heavy atom. The van der Waals surface area contributed by atoms with E-state index in [9.17, 15) is 4.79 Å². The molecule has 1 N–H and O–H groups in total. The molecule has 5 heteroatoms. The Labute approximate surface area is 177 Å². The van der Waals surface area contributed by atoms with E-state index in [0.29, 0.717) is 5.91 Å². The van der Waals surface area contributed by atoms with E-state index < -0.39 is 0 Å². The second-order valence-electron chi connectivity index (χ2n) is 8.44. The Morgan fingerprint density at radius 2 is 2.03 bits per heavy atom. The zero-order chi connectivity index (χ0) is 20.3. The molecule has 1 saturated carbocycles. The van der Waals surface area contributed by atoms with E-state index in [-0.39, 0.29) is 12.0 Å². The summed E-state index contributed by atoms with van der Waals surface area (Å²) in [5.41, 5.74) is 5.81. The second kappa shape index (κ2) is 8.52. The molecule has 3 aliphatic rings. The molecule has 0 bridgehead atoms. The third-order valence-electron chi connectivity index (χ3n) is 6.23. The van der Waals surface area contributed by atoms with Crippen molar-refractivity contribution in [1.29, 1.82) is 0 Å². The van der Waals surface area contributed by atoms with Gasteiger partial charge in [0.15, 0.2) is 0 Å². The first-order valence-corrected chi connectivity index (χ1v) is 11.1. The van der Waals surface area contributed by atoms with Gasteiger partial charge in [0.1, 0.15) is 0 Å². The molecule has 154 valence electrons. The lowest BCUT2D eigenvalue weighted by Crippen LogP contribution is -2.49.